The molecule has 1 atom stereocenters. The lowest BCUT2D eigenvalue weighted by Crippen LogP contribution is -2.49. The number of nitro groups is 2. The Labute approximate surface area is 179 Å². The summed E-state index contributed by atoms with van der Waals surface area (Å²) in [5.74, 6) is -0.539. The molecular formula is C16H13Cl3N4O6. The summed E-state index contributed by atoms with van der Waals surface area (Å²) in [6.45, 7) is 0. The maximum Gasteiger partial charge on any atom is 0.277 e. The van der Waals surface area contributed by atoms with Gasteiger partial charge in [-0.05, 0) is 12.1 Å². The number of alkyl halides is 3. The number of nitrogens with one attached hydrogen (secondary N) is 2. The largest absolute Gasteiger partial charge is 0.495 e. The quantitative estimate of drug-likeness (QED) is 0.273. The molecule has 0 fully saturated rings. The minimum Gasteiger partial charge on any atom is -0.495 e. The second-order valence-electron chi connectivity index (χ2n) is 5.55. The molecule has 0 saturated carbocycles. The molecule has 13 heteroatoms. The van der Waals surface area contributed by atoms with Gasteiger partial charge >= 0.3 is 0 Å². The van der Waals surface area contributed by atoms with Crippen LogP contribution in [0.5, 0.6) is 5.75 Å². The zero-order chi connectivity index (χ0) is 21.8. The van der Waals surface area contributed by atoms with Crippen molar-refractivity contribution in [2.45, 2.75) is 9.96 Å². The summed E-state index contributed by atoms with van der Waals surface area (Å²) in [5, 5.41) is 27.2. The first-order valence-electron chi connectivity index (χ1n) is 7.74. The Morgan fingerprint density at radius 1 is 1.07 bits per heavy atom. The van der Waals surface area contributed by atoms with Gasteiger partial charge in [0.25, 0.3) is 17.3 Å². The predicted molar refractivity (Wildman–Crippen MR) is 108 cm³/mol. The molecule has 0 aromatic heterocycles. The van der Waals surface area contributed by atoms with Gasteiger partial charge in [-0.2, -0.15) is 0 Å². The third-order valence-electron chi connectivity index (χ3n) is 3.60. The molecule has 0 radical (unpaired) electrons. The molecule has 0 bridgehead atoms. The third-order valence-corrected chi connectivity index (χ3v) is 4.25. The maximum atomic E-state index is 12.6. The minimum atomic E-state index is -2.05. The van der Waals surface area contributed by atoms with Gasteiger partial charge in [0, 0.05) is 12.1 Å². The lowest BCUT2D eigenvalue weighted by molar-refractivity contribution is -0.394. The molecule has 2 N–H and O–H groups in total. The van der Waals surface area contributed by atoms with E-state index in [2.05, 4.69) is 10.6 Å². The SMILES string of the molecule is COc1ccccc1N[C@H](NC(=O)c1cc([N+](=O)[O-])cc([N+](=O)[O-])c1)C(Cl)(Cl)Cl. The van der Waals surface area contributed by atoms with Crippen molar-refractivity contribution in [3.05, 3.63) is 68.3 Å². The molecule has 0 aliphatic carbocycles. The highest BCUT2D eigenvalue weighted by molar-refractivity contribution is 6.68. The molecule has 0 heterocycles. The van der Waals surface area contributed by atoms with Crippen molar-refractivity contribution in [1.82, 2.24) is 5.32 Å². The summed E-state index contributed by atoms with van der Waals surface area (Å²) in [4.78, 5) is 32.9. The van der Waals surface area contributed by atoms with Gasteiger partial charge < -0.3 is 15.4 Å². The van der Waals surface area contributed by atoms with E-state index >= 15 is 0 Å². The van der Waals surface area contributed by atoms with E-state index in [4.69, 9.17) is 39.5 Å². The van der Waals surface area contributed by atoms with Gasteiger partial charge in [-0.25, -0.2) is 0 Å². The number of benzene rings is 2. The zero-order valence-corrected chi connectivity index (χ0v) is 16.9. The summed E-state index contributed by atoms with van der Waals surface area (Å²) < 4.78 is 3.13. The molecule has 0 saturated heterocycles. The van der Waals surface area contributed by atoms with E-state index in [9.17, 15) is 25.0 Å². The van der Waals surface area contributed by atoms with Gasteiger partial charge in [-0.1, -0.05) is 46.9 Å². The highest BCUT2D eigenvalue weighted by atomic mass is 35.6. The van der Waals surface area contributed by atoms with Crippen LogP contribution in [0.1, 0.15) is 10.4 Å². The van der Waals surface area contributed by atoms with Crippen LogP contribution in [0.2, 0.25) is 0 Å². The number of carbonyl (C=O) groups excluding carboxylic acids is 1. The van der Waals surface area contributed by atoms with E-state index in [-0.39, 0.29) is 5.56 Å². The van der Waals surface area contributed by atoms with Crippen molar-refractivity contribution in [3.8, 4) is 5.75 Å². The van der Waals surface area contributed by atoms with Crippen molar-refractivity contribution >= 4 is 57.8 Å². The number of non-ortho nitro benzene ring substituents is 2. The molecule has 0 aliphatic heterocycles. The number of nitro benzene ring substituents is 2. The van der Waals surface area contributed by atoms with Gasteiger partial charge in [-0.3, -0.25) is 25.0 Å². The Bertz CT molecular complexity index is 918. The van der Waals surface area contributed by atoms with E-state index in [1.54, 1.807) is 24.3 Å². The van der Waals surface area contributed by atoms with Crippen LogP contribution in [0.4, 0.5) is 17.1 Å². The topological polar surface area (TPSA) is 137 Å². The number of hydrogen-bond donors (Lipinski definition) is 2. The first-order chi connectivity index (χ1) is 13.5. The number of hydrogen-bond acceptors (Lipinski definition) is 7. The Hall–Kier alpha value is -2.82. The van der Waals surface area contributed by atoms with E-state index in [0.29, 0.717) is 11.4 Å². The second-order valence-corrected chi connectivity index (χ2v) is 7.91. The fourth-order valence-corrected chi connectivity index (χ4v) is 2.60. The van der Waals surface area contributed by atoms with Crippen LogP contribution in [0, 0.1) is 20.2 Å². The second kappa shape index (κ2) is 9.12. The average molecular weight is 464 g/mol. The molecular weight excluding hydrogens is 451 g/mol. The number of amides is 1. The van der Waals surface area contributed by atoms with Crippen LogP contribution < -0.4 is 15.4 Å². The van der Waals surface area contributed by atoms with Crippen LogP contribution in [0.3, 0.4) is 0 Å². The number of para-hydroxylation sites is 2. The zero-order valence-electron chi connectivity index (χ0n) is 14.6. The molecule has 2 aromatic rings. The molecule has 0 unspecified atom stereocenters. The van der Waals surface area contributed by atoms with Crippen LogP contribution in [0.25, 0.3) is 0 Å². The molecule has 10 nitrogen and oxygen atoms in total. The van der Waals surface area contributed by atoms with Crippen LogP contribution in [0.15, 0.2) is 42.5 Å². The van der Waals surface area contributed by atoms with Crippen molar-refractivity contribution in [1.29, 1.82) is 0 Å². The van der Waals surface area contributed by atoms with Crippen molar-refractivity contribution < 1.29 is 19.4 Å². The molecule has 29 heavy (non-hydrogen) atoms. The fraction of sp³-hybridized carbons (Fsp3) is 0.188. The number of carbonyl (C=O) groups is 1. The first-order valence-corrected chi connectivity index (χ1v) is 8.87. The first kappa shape index (κ1) is 22.5. The van der Waals surface area contributed by atoms with E-state index < -0.39 is 37.1 Å². The summed E-state index contributed by atoms with van der Waals surface area (Å²) in [6, 6.07) is 9.09. The molecule has 154 valence electrons. The number of ether oxygens (including phenoxy) is 1. The lowest BCUT2D eigenvalue weighted by atomic mass is 10.1. The Morgan fingerprint density at radius 2 is 1.62 bits per heavy atom. The highest BCUT2D eigenvalue weighted by Gasteiger charge is 2.35. The summed E-state index contributed by atoms with van der Waals surface area (Å²) in [5.41, 5.74) is -1.23. The molecule has 1 amide bonds. The average Bonchev–Trinajstić information content (AvgIpc) is 2.66. The maximum absolute atomic E-state index is 12.6. The molecule has 2 rings (SSSR count). The Balaban J connectivity index is 2.36. The van der Waals surface area contributed by atoms with Crippen molar-refractivity contribution in [3.63, 3.8) is 0 Å². The van der Waals surface area contributed by atoms with Gasteiger partial charge in [0.15, 0.2) is 0 Å². The van der Waals surface area contributed by atoms with E-state index in [1.165, 1.54) is 7.11 Å². The number of anilines is 1. The molecule has 0 aliphatic rings. The van der Waals surface area contributed by atoms with Crippen molar-refractivity contribution in [2.24, 2.45) is 0 Å². The summed E-state index contributed by atoms with van der Waals surface area (Å²) in [6.07, 6.45) is -1.31. The Kier molecular flexibility index (Phi) is 7.07. The predicted octanol–water partition coefficient (Wildman–Crippen LogP) is 4.05. The summed E-state index contributed by atoms with van der Waals surface area (Å²) >= 11 is 17.8. The smallest absolute Gasteiger partial charge is 0.277 e. The van der Waals surface area contributed by atoms with Gasteiger partial charge in [0.05, 0.1) is 34.3 Å². The Morgan fingerprint density at radius 3 is 2.10 bits per heavy atom. The number of rotatable bonds is 7. The van der Waals surface area contributed by atoms with Crippen LogP contribution >= 0.6 is 34.8 Å². The highest BCUT2D eigenvalue weighted by Crippen LogP contribution is 2.34. The van der Waals surface area contributed by atoms with E-state index in [1.807, 2.05) is 0 Å². The van der Waals surface area contributed by atoms with Crippen molar-refractivity contribution in [2.75, 3.05) is 12.4 Å². The van der Waals surface area contributed by atoms with Gasteiger partial charge in [0.2, 0.25) is 3.79 Å². The number of methoxy groups -OCH3 is 1. The van der Waals surface area contributed by atoms with Crippen LogP contribution in [-0.4, -0.2) is 32.8 Å². The lowest BCUT2D eigenvalue weighted by Gasteiger charge is -2.28. The third kappa shape index (κ3) is 5.83. The van der Waals surface area contributed by atoms with Gasteiger partial charge in [0.1, 0.15) is 11.9 Å². The molecule has 0 spiro atoms. The normalized spacial score (nSPS) is 12.0. The van der Waals surface area contributed by atoms with Gasteiger partial charge in [-0.15, -0.1) is 0 Å². The minimum absolute atomic E-state index is 0.355. The standard InChI is InChI=1S/C16H13Cl3N4O6/c1-29-13-5-3-2-4-12(13)20-15(16(17,18)19)21-14(24)9-6-10(22(25)26)8-11(7-9)23(27)28/h2-8,15,20H,1H3,(H,21,24)/t15-/m1/s1. The summed E-state index contributed by atoms with van der Waals surface area (Å²) in [7, 11) is 1.42. The van der Waals surface area contributed by atoms with Crippen LogP contribution in [-0.2, 0) is 0 Å². The molecule has 2 aromatic carbocycles. The number of halogens is 3. The van der Waals surface area contributed by atoms with E-state index in [0.717, 1.165) is 18.2 Å². The number of nitrogens with zero attached hydrogens (tertiary/aromatic N) is 2. The fourth-order valence-electron chi connectivity index (χ4n) is 2.27. The monoisotopic (exact) mass is 462 g/mol.